The Hall–Kier alpha value is -0.510. The van der Waals surface area contributed by atoms with Crippen LogP contribution in [-0.2, 0) is 0 Å². The molecule has 0 aromatic carbocycles. The molecule has 0 aromatic heterocycles. The second-order valence-corrected chi connectivity index (χ2v) is 5.15. The van der Waals surface area contributed by atoms with Gasteiger partial charge in [-0.15, -0.1) is 0 Å². The number of nitrogens with zero attached hydrogens (tertiary/aromatic N) is 1. The Morgan fingerprint density at radius 2 is 2.00 bits per heavy atom. The van der Waals surface area contributed by atoms with Crippen molar-refractivity contribution in [1.82, 2.24) is 0 Å². The zero-order valence-corrected chi connectivity index (χ0v) is 9.30. The molecule has 3 atom stereocenters. The highest BCUT2D eigenvalue weighted by Crippen LogP contribution is 2.48. The van der Waals surface area contributed by atoms with Gasteiger partial charge in [-0.3, -0.25) is 0 Å². The average molecular weight is 179 g/mol. The lowest BCUT2D eigenvalue weighted by Gasteiger charge is -2.31. The van der Waals surface area contributed by atoms with Gasteiger partial charge in [-0.2, -0.15) is 5.26 Å². The predicted octanol–water partition coefficient (Wildman–Crippen LogP) is 3.61. The van der Waals surface area contributed by atoms with Crippen LogP contribution >= 0.6 is 0 Å². The van der Waals surface area contributed by atoms with Crippen LogP contribution in [0, 0.1) is 34.5 Å². The van der Waals surface area contributed by atoms with E-state index in [9.17, 15) is 5.26 Å². The van der Waals surface area contributed by atoms with Crippen LogP contribution in [0.25, 0.3) is 0 Å². The zero-order chi connectivity index (χ0) is 10.1. The van der Waals surface area contributed by atoms with Crippen molar-refractivity contribution < 1.29 is 0 Å². The first-order valence-corrected chi connectivity index (χ1v) is 5.43. The molecule has 0 saturated heterocycles. The number of hydrogen-bond donors (Lipinski definition) is 0. The molecule has 0 radical (unpaired) electrons. The molecule has 0 amide bonds. The van der Waals surface area contributed by atoms with E-state index in [1.165, 1.54) is 6.42 Å². The minimum atomic E-state index is -0.00637. The van der Waals surface area contributed by atoms with Gasteiger partial charge in [0.05, 0.1) is 11.5 Å². The van der Waals surface area contributed by atoms with Gasteiger partial charge in [0.15, 0.2) is 0 Å². The fourth-order valence-corrected chi connectivity index (χ4v) is 2.58. The van der Waals surface area contributed by atoms with Crippen LogP contribution in [0.2, 0.25) is 0 Å². The van der Waals surface area contributed by atoms with Crippen molar-refractivity contribution in [1.29, 1.82) is 5.26 Å². The summed E-state index contributed by atoms with van der Waals surface area (Å²) in [6.07, 6.45) is 3.47. The highest BCUT2D eigenvalue weighted by molar-refractivity contribution is 5.06. The number of hydrogen-bond acceptors (Lipinski definition) is 1. The van der Waals surface area contributed by atoms with Crippen LogP contribution in [0.15, 0.2) is 0 Å². The highest BCUT2D eigenvalue weighted by atomic mass is 14.5. The molecule has 0 N–H and O–H groups in total. The van der Waals surface area contributed by atoms with Crippen molar-refractivity contribution in [3.8, 4) is 6.07 Å². The molecule has 0 heterocycles. The molecule has 0 bridgehead atoms. The van der Waals surface area contributed by atoms with Gasteiger partial charge in [0.2, 0.25) is 0 Å². The van der Waals surface area contributed by atoms with Crippen molar-refractivity contribution in [3.05, 3.63) is 0 Å². The summed E-state index contributed by atoms with van der Waals surface area (Å²) < 4.78 is 0. The molecule has 1 aliphatic carbocycles. The Labute approximate surface area is 82.1 Å². The molecule has 13 heavy (non-hydrogen) atoms. The maximum atomic E-state index is 9.30. The molecule has 1 nitrogen and oxygen atoms in total. The van der Waals surface area contributed by atoms with Gasteiger partial charge in [0.25, 0.3) is 0 Å². The van der Waals surface area contributed by atoms with Gasteiger partial charge in [-0.1, -0.05) is 27.7 Å². The molecular weight excluding hydrogens is 158 g/mol. The van der Waals surface area contributed by atoms with E-state index in [0.29, 0.717) is 11.8 Å². The Morgan fingerprint density at radius 3 is 2.31 bits per heavy atom. The fraction of sp³-hybridized carbons (Fsp3) is 0.917. The lowest BCUT2D eigenvalue weighted by atomic mass is 9.70. The normalized spacial score (nSPS) is 36.2. The average Bonchev–Trinajstić information content (AvgIpc) is 2.47. The second-order valence-electron chi connectivity index (χ2n) is 5.15. The van der Waals surface area contributed by atoms with Gasteiger partial charge in [-0.25, -0.2) is 0 Å². The van der Waals surface area contributed by atoms with Crippen molar-refractivity contribution in [3.63, 3.8) is 0 Å². The summed E-state index contributed by atoms with van der Waals surface area (Å²) in [6, 6.07) is 2.59. The molecule has 1 aliphatic rings. The SMILES string of the molecule is CC1CCC(C#N)(C(C)C(C)C)C1. The van der Waals surface area contributed by atoms with Gasteiger partial charge in [-0.05, 0) is 37.0 Å². The summed E-state index contributed by atoms with van der Waals surface area (Å²) in [5.41, 5.74) is -0.00637. The van der Waals surface area contributed by atoms with Crippen LogP contribution in [0.1, 0.15) is 47.0 Å². The minimum absolute atomic E-state index is 0.00637. The lowest BCUT2D eigenvalue weighted by molar-refractivity contribution is 0.198. The van der Waals surface area contributed by atoms with E-state index in [4.69, 9.17) is 0 Å². The van der Waals surface area contributed by atoms with Gasteiger partial charge >= 0.3 is 0 Å². The zero-order valence-electron chi connectivity index (χ0n) is 9.30. The quantitative estimate of drug-likeness (QED) is 0.635. The summed E-state index contributed by atoms with van der Waals surface area (Å²) in [5, 5.41) is 9.30. The minimum Gasteiger partial charge on any atom is -0.198 e. The van der Waals surface area contributed by atoms with E-state index in [1.54, 1.807) is 0 Å². The molecule has 74 valence electrons. The predicted molar refractivity (Wildman–Crippen MR) is 55.1 cm³/mol. The second kappa shape index (κ2) is 3.70. The van der Waals surface area contributed by atoms with Crippen molar-refractivity contribution in [2.45, 2.75) is 47.0 Å². The third-order valence-corrected chi connectivity index (χ3v) is 3.89. The number of nitriles is 1. The van der Waals surface area contributed by atoms with Gasteiger partial charge in [0, 0.05) is 0 Å². The first-order valence-electron chi connectivity index (χ1n) is 5.43. The molecule has 3 unspecified atom stereocenters. The van der Waals surface area contributed by atoms with Gasteiger partial charge in [0.1, 0.15) is 0 Å². The Bertz CT molecular complexity index is 214. The van der Waals surface area contributed by atoms with Crippen LogP contribution in [0.5, 0.6) is 0 Å². The molecule has 1 heteroatoms. The van der Waals surface area contributed by atoms with E-state index in [1.807, 2.05) is 0 Å². The smallest absolute Gasteiger partial charge is 0.0692 e. The third kappa shape index (κ3) is 1.88. The van der Waals surface area contributed by atoms with Crippen molar-refractivity contribution in [2.75, 3.05) is 0 Å². The molecule has 0 aromatic rings. The van der Waals surface area contributed by atoms with Crippen LogP contribution in [-0.4, -0.2) is 0 Å². The Kier molecular flexibility index (Phi) is 3.01. The van der Waals surface area contributed by atoms with Crippen molar-refractivity contribution in [2.24, 2.45) is 23.2 Å². The molecular formula is C12H21N. The first kappa shape index (κ1) is 10.6. The molecule has 0 spiro atoms. The van der Waals surface area contributed by atoms with E-state index >= 15 is 0 Å². The highest BCUT2D eigenvalue weighted by Gasteiger charge is 2.43. The van der Waals surface area contributed by atoms with Crippen LogP contribution in [0.4, 0.5) is 0 Å². The van der Waals surface area contributed by atoms with Crippen molar-refractivity contribution >= 4 is 0 Å². The summed E-state index contributed by atoms with van der Waals surface area (Å²) in [4.78, 5) is 0. The first-order chi connectivity index (χ1) is 6.02. The van der Waals surface area contributed by atoms with Crippen LogP contribution < -0.4 is 0 Å². The molecule has 1 fully saturated rings. The van der Waals surface area contributed by atoms with E-state index in [2.05, 4.69) is 33.8 Å². The Morgan fingerprint density at radius 1 is 1.38 bits per heavy atom. The maximum Gasteiger partial charge on any atom is 0.0692 e. The topological polar surface area (TPSA) is 23.8 Å². The summed E-state index contributed by atoms with van der Waals surface area (Å²) in [6.45, 7) is 8.97. The standard InChI is InChI=1S/C12H21N/c1-9(2)11(4)12(8-13)6-5-10(3)7-12/h9-11H,5-7H2,1-4H3. The largest absolute Gasteiger partial charge is 0.198 e. The molecule has 1 rings (SSSR count). The monoisotopic (exact) mass is 179 g/mol. The Balaban J connectivity index is 2.78. The summed E-state index contributed by atoms with van der Waals surface area (Å²) >= 11 is 0. The maximum absolute atomic E-state index is 9.30. The van der Waals surface area contributed by atoms with E-state index in [-0.39, 0.29) is 5.41 Å². The van der Waals surface area contributed by atoms with E-state index in [0.717, 1.165) is 18.8 Å². The van der Waals surface area contributed by atoms with E-state index < -0.39 is 0 Å². The fourth-order valence-electron chi connectivity index (χ4n) is 2.58. The molecule has 0 aliphatic heterocycles. The van der Waals surface area contributed by atoms with Gasteiger partial charge < -0.3 is 0 Å². The van der Waals surface area contributed by atoms with Crippen LogP contribution in [0.3, 0.4) is 0 Å². The summed E-state index contributed by atoms with van der Waals surface area (Å²) in [5.74, 6) is 1.92. The number of rotatable bonds is 2. The third-order valence-electron chi connectivity index (χ3n) is 3.89. The molecule has 1 saturated carbocycles. The lowest BCUT2D eigenvalue weighted by Crippen LogP contribution is -2.28. The summed E-state index contributed by atoms with van der Waals surface area (Å²) in [7, 11) is 0.